The number of carbonyl (C=O) groups is 2. The minimum absolute atomic E-state index is 0.0460. The second-order valence-electron chi connectivity index (χ2n) is 5.47. The van der Waals surface area contributed by atoms with Crippen LogP contribution in [-0.4, -0.2) is 27.5 Å². The Morgan fingerprint density at radius 3 is 2.22 bits per heavy atom. The Balaban J connectivity index is 2.61. The van der Waals surface area contributed by atoms with Crippen LogP contribution < -0.4 is 0 Å². The van der Waals surface area contributed by atoms with Crippen molar-refractivity contribution in [2.24, 2.45) is 10.9 Å². The van der Waals surface area contributed by atoms with Gasteiger partial charge in [-0.3, -0.25) is 19.9 Å². The van der Waals surface area contributed by atoms with Crippen LogP contribution in [-0.2, 0) is 9.59 Å². The Hall–Kier alpha value is -2.83. The fourth-order valence-corrected chi connectivity index (χ4v) is 3.01. The van der Waals surface area contributed by atoms with Gasteiger partial charge in [0.15, 0.2) is 0 Å². The van der Waals surface area contributed by atoms with Crippen molar-refractivity contribution in [1.29, 1.82) is 0 Å². The number of hydrogen-bond acceptors (Lipinski definition) is 5. The molecule has 0 bridgehead atoms. The summed E-state index contributed by atoms with van der Waals surface area (Å²) in [6.45, 7) is 4.66. The van der Waals surface area contributed by atoms with Crippen LogP contribution in [0.5, 0.6) is 0 Å². The third-order valence-corrected chi connectivity index (χ3v) is 3.96. The second-order valence-corrected chi connectivity index (χ2v) is 5.47. The minimum atomic E-state index is -1.15. The van der Waals surface area contributed by atoms with Crippen molar-refractivity contribution in [3.8, 4) is 0 Å². The molecule has 2 atom stereocenters. The Bertz CT molecular complexity index is 746. The Kier molecular flexibility index (Phi) is 4.40. The van der Waals surface area contributed by atoms with Gasteiger partial charge >= 0.3 is 5.97 Å². The molecular formula is C16H16N2O5. The highest BCUT2D eigenvalue weighted by molar-refractivity contribution is 6.08. The van der Waals surface area contributed by atoms with Gasteiger partial charge in [0.05, 0.1) is 16.4 Å². The molecule has 0 radical (unpaired) electrons. The molecule has 0 fully saturated rings. The number of nitrogens with zero attached hydrogens (tertiary/aromatic N) is 2. The number of nitro benzene ring substituents is 1. The first-order valence-electron chi connectivity index (χ1n) is 6.98. The van der Waals surface area contributed by atoms with E-state index >= 15 is 0 Å². The molecule has 1 aromatic carbocycles. The summed E-state index contributed by atoms with van der Waals surface area (Å²) in [6.07, 6.45) is 0. The van der Waals surface area contributed by atoms with E-state index in [0.29, 0.717) is 17.0 Å². The van der Waals surface area contributed by atoms with Crippen LogP contribution in [0.3, 0.4) is 0 Å². The highest BCUT2D eigenvalue weighted by Crippen LogP contribution is 2.39. The number of rotatable bonds is 4. The van der Waals surface area contributed by atoms with Gasteiger partial charge in [-0.2, -0.15) is 0 Å². The van der Waals surface area contributed by atoms with Crippen LogP contribution in [0.1, 0.15) is 32.3 Å². The lowest BCUT2D eigenvalue weighted by Crippen LogP contribution is -2.33. The number of benzene rings is 1. The van der Waals surface area contributed by atoms with E-state index in [2.05, 4.69) is 4.99 Å². The molecule has 23 heavy (non-hydrogen) atoms. The average Bonchev–Trinajstić information content (AvgIpc) is 2.45. The van der Waals surface area contributed by atoms with Crippen molar-refractivity contribution >= 4 is 23.2 Å². The first-order chi connectivity index (χ1) is 10.7. The molecule has 1 N–H and O–H groups in total. The maximum atomic E-state index is 12.0. The molecule has 0 aliphatic carbocycles. The van der Waals surface area contributed by atoms with E-state index in [4.69, 9.17) is 0 Å². The zero-order valence-corrected chi connectivity index (χ0v) is 12.9. The highest BCUT2D eigenvalue weighted by Gasteiger charge is 2.39. The van der Waals surface area contributed by atoms with Crippen molar-refractivity contribution in [2.45, 2.75) is 26.7 Å². The Morgan fingerprint density at radius 2 is 1.78 bits per heavy atom. The van der Waals surface area contributed by atoms with Gasteiger partial charge in [-0.15, -0.1) is 0 Å². The number of carboxylic acid groups (broad SMARTS) is 1. The molecule has 0 spiro atoms. The first-order valence-corrected chi connectivity index (χ1v) is 6.98. The van der Waals surface area contributed by atoms with Gasteiger partial charge in [0.25, 0.3) is 5.69 Å². The molecule has 0 saturated heterocycles. The van der Waals surface area contributed by atoms with Crippen LogP contribution in [0.4, 0.5) is 5.69 Å². The van der Waals surface area contributed by atoms with Gasteiger partial charge in [0, 0.05) is 29.5 Å². The topological polar surface area (TPSA) is 110 Å². The third kappa shape index (κ3) is 3.03. The smallest absolute Gasteiger partial charge is 0.334 e. The summed E-state index contributed by atoms with van der Waals surface area (Å²) in [5.41, 5.74) is 1.39. The van der Waals surface area contributed by atoms with Gasteiger partial charge in [-0.25, -0.2) is 4.79 Å². The quantitative estimate of drug-likeness (QED) is 0.678. The number of aliphatic carboxylic acids is 1. The second kappa shape index (κ2) is 6.12. The predicted molar refractivity (Wildman–Crippen MR) is 83.5 cm³/mol. The van der Waals surface area contributed by atoms with Crippen molar-refractivity contribution < 1.29 is 19.6 Å². The maximum Gasteiger partial charge on any atom is 0.334 e. The normalized spacial score (nSPS) is 20.9. The fraction of sp³-hybridized carbons (Fsp3) is 0.312. The Labute approximate surface area is 132 Å². The summed E-state index contributed by atoms with van der Waals surface area (Å²) in [6, 6.07) is 5.60. The molecule has 1 aromatic rings. The van der Waals surface area contributed by atoms with Gasteiger partial charge < -0.3 is 5.11 Å². The van der Waals surface area contributed by atoms with Gasteiger partial charge in [0.1, 0.15) is 5.78 Å². The molecular weight excluding hydrogens is 300 g/mol. The summed E-state index contributed by atoms with van der Waals surface area (Å²) in [7, 11) is 0. The summed E-state index contributed by atoms with van der Waals surface area (Å²) in [5.74, 6) is -2.73. The summed E-state index contributed by atoms with van der Waals surface area (Å²) in [5, 5.41) is 20.3. The van der Waals surface area contributed by atoms with E-state index in [0.717, 1.165) is 0 Å². The van der Waals surface area contributed by atoms with Crippen LogP contribution in [0.2, 0.25) is 0 Å². The molecule has 1 unspecified atom stereocenters. The van der Waals surface area contributed by atoms with Gasteiger partial charge in [0.2, 0.25) is 0 Å². The van der Waals surface area contributed by atoms with E-state index < -0.39 is 22.7 Å². The zero-order valence-electron chi connectivity index (χ0n) is 12.9. The lowest BCUT2D eigenvalue weighted by Gasteiger charge is -2.30. The third-order valence-electron chi connectivity index (χ3n) is 3.96. The van der Waals surface area contributed by atoms with Gasteiger partial charge in [-0.05, 0) is 26.3 Å². The average molecular weight is 316 g/mol. The van der Waals surface area contributed by atoms with E-state index in [-0.39, 0.29) is 17.0 Å². The van der Waals surface area contributed by atoms with E-state index in [1.54, 1.807) is 13.8 Å². The number of hydrogen-bond donors (Lipinski definition) is 1. The SMILES string of the molecule is CC(=O)C1C(C)=NC(C)=C(C(=O)O)[C@H]1c1ccc([N+](=O)[O-])cc1. The van der Waals surface area contributed by atoms with Crippen molar-refractivity contribution in [3.63, 3.8) is 0 Å². The molecule has 1 aliphatic heterocycles. The number of ketones is 1. The van der Waals surface area contributed by atoms with Crippen LogP contribution >= 0.6 is 0 Å². The first kappa shape index (κ1) is 16.5. The number of non-ortho nitro benzene ring substituents is 1. The molecule has 7 nitrogen and oxygen atoms in total. The lowest BCUT2D eigenvalue weighted by molar-refractivity contribution is -0.384. The number of nitro groups is 1. The molecule has 0 aromatic heterocycles. The monoisotopic (exact) mass is 316 g/mol. The number of Topliss-reactive ketones (excluding diaryl/α,β-unsaturated/α-hetero) is 1. The van der Waals surface area contributed by atoms with Gasteiger partial charge in [-0.1, -0.05) is 12.1 Å². The molecule has 2 rings (SSSR count). The number of carbonyl (C=O) groups excluding carboxylic acids is 1. The summed E-state index contributed by atoms with van der Waals surface area (Å²) >= 11 is 0. The van der Waals surface area contributed by atoms with E-state index in [1.807, 2.05) is 0 Å². The number of carboxylic acids is 1. The molecule has 0 saturated carbocycles. The molecule has 7 heteroatoms. The molecule has 120 valence electrons. The van der Waals surface area contributed by atoms with Crippen molar-refractivity contribution in [3.05, 3.63) is 51.2 Å². The summed E-state index contributed by atoms with van der Waals surface area (Å²) in [4.78, 5) is 38.1. The highest BCUT2D eigenvalue weighted by atomic mass is 16.6. The lowest BCUT2D eigenvalue weighted by atomic mass is 9.74. The molecule has 0 amide bonds. The summed E-state index contributed by atoms with van der Waals surface area (Å²) < 4.78 is 0. The van der Waals surface area contributed by atoms with Crippen LogP contribution in [0.15, 0.2) is 40.5 Å². The fourth-order valence-electron chi connectivity index (χ4n) is 3.01. The number of allylic oxidation sites excluding steroid dienone is 1. The minimum Gasteiger partial charge on any atom is -0.478 e. The van der Waals surface area contributed by atoms with Crippen LogP contribution in [0.25, 0.3) is 0 Å². The Morgan fingerprint density at radius 1 is 1.22 bits per heavy atom. The molecule has 1 aliphatic rings. The molecule has 1 heterocycles. The van der Waals surface area contributed by atoms with Crippen molar-refractivity contribution in [1.82, 2.24) is 0 Å². The standard InChI is InChI=1S/C16H16N2O5/c1-8-13(10(3)19)15(14(16(20)21)9(2)17-8)11-4-6-12(7-5-11)18(22)23/h4-7,13,15H,1-3H3,(H,20,21)/t13?,15-/m0/s1. The zero-order chi connectivity index (χ0) is 17.3. The maximum absolute atomic E-state index is 12.0. The predicted octanol–water partition coefficient (Wildman–Crippen LogP) is 2.72. The van der Waals surface area contributed by atoms with E-state index in [9.17, 15) is 24.8 Å². The number of aliphatic imine (C=N–C) groups is 1. The van der Waals surface area contributed by atoms with E-state index in [1.165, 1.54) is 31.2 Å². The van der Waals surface area contributed by atoms with Crippen molar-refractivity contribution in [2.75, 3.05) is 0 Å². The largest absolute Gasteiger partial charge is 0.478 e. The van der Waals surface area contributed by atoms with Crippen LogP contribution in [0, 0.1) is 16.0 Å².